The summed E-state index contributed by atoms with van der Waals surface area (Å²) in [7, 11) is -3.01. The van der Waals surface area contributed by atoms with Gasteiger partial charge < -0.3 is 0 Å². The molecule has 96 valence electrons. The van der Waals surface area contributed by atoms with Crippen LogP contribution in [0, 0.1) is 0 Å². The summed E-state index contributed by atoms with van der Waals surface area (Å²) in [5, 5.41) is 0.552. The Morgan fingerprint density at radius 2 is 2.18 bits per heavy atom. The Bertz CT molecular complexity index is 493. The van der Waals surface area contributed by atoms with Crippen LogP contribution in [0.3, 0.4) is 0 Å². The van der Waals surface area contributed by atoms with E-state index in [0.717, 1.165) is 10.0 Å². The third-order valence-corrected chi connectivity index (χ3v) is 4.11. The fourth-order valence-corrected chi connectivity index (χ4v) is 2.91. The Morgan fingerprint density at radius 1 is 1.53 bits per heavy atom. The summed E-state index contributed by atoms with van der Waals surface area (Å²) in [5.41, 5.74) is 3.38. The van der Waals surface area contributed by atoms with Gasteiger partial charge in [-0.05, 0) is 24.1 Å². The molecule has 1 aromatic rings. The molecule has 0 radical (unpaired) electrons. The molecule has 1 unspecified atom stereocenters. The van der Waals surface area contributed by atoms with Crippen LogP contribution in [0.2, 0.25) is 5.02 Å². The van der Waals surface area contributed by atoms with Gasteiger partial charge in [-0.15, -0.1) is 0 Å². The van der Waals surface area contributed by atoms with E-state index in [1.54, 1.807) is 6.07 Å². The number of sulfone groups is 1. The van der Waals surface area contributed by atoms with Gasteiger partial charge in [0.25, 0.3) is 0 Å². The van der Waals surface area contributed by atoms with Gasteiger partial charge in [0.15, 0.2) is 0 Å². The van der Waals surface area contributed by atoms with Crippen molar-refractivity contribution in [3.63, 3.8) is 0 Å². The molecule has 0 saturated heterocycles. The van der Waals surface area contributed by atoms with Crippen molar-refractivity contribution in [3.8, 4) is 0 Å². The van der Waals surface area contributed by atoms with Crippen LogP contribution in [0.4, 0.5) is 0 Å². The quantitative estimate of drug-likeness (QED) is 0.635. The van der Waals surface area contributed by atoms with Crippen molar-refractivity contribution in [3.05, 3.63) is 33.3 Å². The number of rotatable bonds is 5. The Labute approximate surface area is 115 Å². The SMILES string of the molecule is CS(=O)(=O)CCC(NN)c1ccc(Br)cc1Cl. The molecule has 1 rings (SSSR count). The molecule has 0 aliphatic carbocycles. The molecular weight excluding hydrogens is 328 g/mol. The van der Waals surface area contributed by atoms with Gasteiger partial charge in [-0.25, -0.2) is 8.42 Å². The Kier molecular flexibility index (Phi) is 5.40. The highest BCUT2D eigenvalue weighted by molar-refractivity contribution is 9.10. The maximum absolute atomic E-state index is 11.1. The average molecular weight is 342 g/mol. The molecule has 0 amide bonds. The molecule has 0 aliphatic heterocycles. The van der Waals surface area contributed by atoms with Crippen LogP contribution in [-0.2, 0) is 9.84 Å². The van der Waals surface area contributed by atoms with E-state index >= 15 is 0 Å². The predicted octanol–water partition coefficient (Wildman–Crippen LogP) is 2.04. The number of hydrogen-bond acceptors (Lipinski definition) is 4. The van der Waals surface area contributed by atoms with Gasteiger partial charge in [0.1, 0.15) is 9.84 Å². The molecule has 0 aliphatic rings. The molecule has 1 atom stereocenters. The number of halogens is 2. The predicted molar refractivity (Wildman–Crippen MR) is 73.5 cm³/mol. The second-order valence-corrected chi connectivity index (χ2v) is 7.39. The van der Waals surface area contributed by atoms with E-state index < -0.39 is 9.84 Å². The Morgan fingerprint density at radius 3 is 2.65 bits per heavy atom. The van der Waals surface area contributed by atoms with Crippen LogP contribution in [-0.4, -0.2) is 20.4 Å². The highest BCUT2D eigenvalue weighted by Crippen LogP contribution is 2.28. The van der Waals surface area contributed by atoms with Crippen LogP contribution in [0.15, 0.2) is 22.7 Å². The first-order chi connectivity index (χ1) is 7.83. The van der Waals surface area contributed by atoms with Crippen molar-refractivity contribution >= 4 is 37.4 Å². The summed E-state index contributed by atoms with van der Waals surface area (Å²) < 4.78 is 23.1. The topological polar surface area (TPSA) is 72.2 Å². The molecule has 0 spiro atoms. The molecule has 0 fully saturated rings. The van der Waals surface area contributed by atoms with E-state index in [4.69, 9.17) is 17.4 Å². The first-order valence-electron chi connectivity index (χ1n) is 4.92. The largest absolute Gasteiger partial charge is 0.271 e. The van der Waals surface area contributed by atoms with Crippen LogP contribution in [0.5, 0.6) is 0 Å². The smallest absolute Gasteiger partial charge is 0.147 e. The number of hydrazine groups is 1. The molecular formula is C10H14BrClN2O2S. The van der Waals surface area contributed by atoms with Gasteiger partial charge in [0.05, 0.1) is 5.75 Å². The molecule has 7 heteroatoms. The number of nitrogens with two attached hydrogens (primary N) is 1. The van der Waals surface area contributed by atoms with Crippen molar-refractivity contribution in [1.29, 1.82) is 0 Å². The summed E-state index contributed by atoms with van der Waals surface area (Å²) in [6.45, 7) is 0. The van der Waals surface area contributed by atoms with Crippen LogP contribution in [0.25, 0.3) is 0 Å². The molecule has 0 saturated carbocycles. The molecule has 17 heavy (non-hydrogen) atoms. The van der Waals surface area contributed by atoms with E-state index in [-0.39, 0.29) is 11.8 Å². The van der Waals surface area contributed by atoms with Crippen molar-refractivity contribution < 1.29 is 8.42 Å². The van der Waals surface area contributed by atoms with E-state index in [2.05, 4.69) is 21.4 Å². The lowest BCUT2D eigenvalue weighted by Gasteiger charge is -2.17. The minimum absolute atomic E-state index is 0.0637. The maximum atomic E-state index is 11.1. The van der Waals surface area contributed by atoms with Crippen LogP contribution >= 0.6 is 27.5 Å². The fourth-order valence-electron chi connectivity index (χ4n) is 1.44. The second kappa shape index (κ2) is 6.15. The first kappa shape index (κ1) is 14.9. The second-order valence-electron chi connectivity index (χ2n) is 3.80. The van der Waals surface area contributed by atoms with Gasteiger partial charge >= 0.3 is 0 Å². The Hall–Kier alpha value is -0.140. The number of benzene rings is 1. The summed E-state index contributed by atoms with van der Waals surface area (Å²) in [5.74, 6) is 5.49. The fraction of sp³-hybridized carbons (Fsp3) is 0.400. The van der Waals surface area contributed by atoms with Gasteiger partial charge in [-0.1, -0.05) is 33.6 Å². The molecule has 3 N–H and O–H groups in total. The molecule has 0 heterocycles. The van der Waals surface area contributed by atoms with Gasteiger partial charge in [0, 0.05) is 21.8 Å². The van der Waals surface area contributed by atoms with E-state index in [1.807, 2.05) is 12.1 Å². The van der Waals surface area contributed by atoms with Crippen LogP contribution < -0.4 is 11.3 Å². The minimum atomic E-state index is -3.01. The lowest BCUT2D eigenvalue weighted by Crippen LogP contribution is -2.29. The average Bonchev–Trinajstić information content (AvgIpc) is 2.19. The molecule has 0 aromatic heterocycles. The standard InChI is InChI=1S/C10H14BrClN2O2S/c1-17(15,16)5-4-10(14-13)8-3-2-7(11)6-9(8)12/h2-3,6,10,14H,4-5,13H2,1H3. The number of hydrogen-bond donors (Lipinski definition) is 2. The summed E-state index contributed by atoms with van der Waals surface area (Å²) in [4.78, 5) is 0. The van der Waals surface area contributed by atoms with E-state index in [9.17, 15) is 8.42 Å². The third-order valence-electron chi connectivity index (χ3n) is 2.32. The Balaban J connectivity index is 2.86. The van der Waals surface area contributed by atoms with Crippen molar-refractivity contribution in [1.82, 2.24) is 5.43 Å². The maximum Gasteiger partial charge on any atom is 0.147 e. The number of nitrogens with one attached hydrogen (secondary N) is 1. The van der Waals surface area contributed by atoms with Gasteiger partial charge in [0.2, 0.25) is 0 Å². The highest BCUT2D eigenvalue weighted by atomic mass is 79.9. The first-order valence-corrected chi connectivity index (χ1v) is 8.15. The lowest BCUT2D eigenvalue weighted by atomic mass is 10.1. The highest BCUT2D eigenvalue weighted by Gasteiger charge is 2.15. The zero-order valence-electron chi connectivity index (χ0n) is 9.28. The lowest BCUT2D eigenvalue weighted by molar-refractivity contribution is 0.531. The zero-order chi connectivity index (χ0) is 13.1. The van der Waals surface area contributed by atoms with E-state index in [0.29, 0.717) is 11.4 Å². The zero-order valence-corrected chi connectivity index (χ0v) is 12.4. The monoisotopic (exact) mass is 340 g/mol. The normalized spacial score (nSPS) is 13.6. The van der Waals surface area contributed by atoms with Crippen LogP contribution in [0.1, 0.15) is 18.0 Å². The molecule has 4 nitrogen and oxygen atoms in total. The summed E-state index contributed by atoms with van der Waals surface area (Å²) in [6.07, 6.45) is 1.58. The van der Waals surface area contributed by atoms with Crippen molar-refractivity contribution in [2.75, 3.05) is 12.0 Å². The summed E-state index contributed by atoms with van der Waals surface area (Å²) in [6, 6.07) is 5.14. The van der Waals surface area contributed by atoms with Crippen molar-refractivity contribution in [2.45, 2.75) is 12.5 Å². The summed E-state index contributed by atoms with van der Waals surface area (Å²) >= 11 is 9.38. The third kappa shape index (κ3) is 4.93. The van der Waals surface area contributed by atoms with Gasteiger partial charge in [-0.2, -0.15) is 0 Å². The van der Waals surface area contributed by atoms with E-state index in [1.165, 1.54) is 6.26 Å². The van der Waals surface area contributed by atoms with Gasteiger partial charge in [-0.3, -0.25) is 11.3 Å². The minimum Gasteiger partial charge on any atom is -0.271 e. The molecule has 0 bridgehead atoms. The van der Waals surface area contributed by atoms with Crippen molar-refractivity contribution in [2.24, 2.45) is 5.84 Å². The molecule has 1 aromatic carbocycles.